The second-order valence-electron chi connectivity index (χ2n) is 16.6. The van der Waals surface area contributed by atoms with Gasteiger partial charge in [0.15, 0.2) is 0 Å². The van der Waals surface area contributed by atoms with Crippen molar-refractivity contribution in [3.05, 3.63) is 112 Å². The minimum atomic E-state index is -4.30. The molecule has 2 saturated heterocycles. The van der Waals surface area contributed by atoms with Crippen molar-refractivity contribution in [3.63, 3.8) is 0 Å². The van der Waals surface area contributed by atoms with Crippen LogP contribution in [-0.2, 0) is 14.8 Å². The lowest BCUT2D eigenvalue weighted by Crippen LogP contribution is -2.47. The molecule has 310 valence electrons. The molecule has 11 nitrogen and oxygen atoms in total. The number of piperazine rings is 1. The Kier molecular flexibility index (Phi) is 12.2. The van der Waals surface area contributed by atoms with Gasteiger partial charge in [-0.05, 0) is 109 Å². The van der Waals surface area contributed by atoms with E-state index in [1.165, 1.54) is 28.8 Å². The van der Waals surface area contributed by atoms with Crippen LogP contribution in [0.4, 0.5) is 11.4 Å². The third-order valence-electron chi connectivity index (χ3n) is 11.7. The minimum Gasteiger partial charge on any atom is -0.455 e. The van der Waals surface area contributed by atoms with E-state index in [2.05, 4.69) is 55.8 Å². The number of carbonyl (C=O) groups is 1. The quantitative estimate of drug-likeness (QED) is 0.112. The predicted octanol–water partition coefficient (Wildman–Crippen LogP) is 9.41. The summed E-state index contributed by atoms with van der Waals surface area (Å²) in [4.78, 5) is 26.1. The molecule has 0 saturated carbocycles. The number of sulfonamides is 1. The third-order valence-corrected chi connectivity index (χ3v) is 13.6. The largest absolute Gasteiger partial charge is 0.455 e. The van der Waals surface area contributed by atoms with E-state index in [4.69, 9.17) is 32.7 Å². The summed E-state index contributed by atoms with van der Waals surface area (Å²) in [5.41, 5.74) is 6.68. The summed E-state index contributed by atoms with van der Waals surface area (Å²) in [5.74, 6) is 0.238. The normalized spacial score (nSPS) is 17.9. The number of nitrogens with zero attached hydrogens (tertiary/aromatic N) is 3. The maximum absolute atomic E-state index is 13.9. The van der Waals surface area contributed by atoms with Crippen molar-refractivity contribution in [1.29, 1.82) is 0 Å². The monoisotopic (exact) mass is 856 g/mol. The number of pyridine rings is 1. The number of anilines is 2. The highest BCUT2D eigenvalue weighted by atomic mass is 35.5. The van der Waals surface area contributed by atoms with Gasteiger partial charge in [-0.25, -0.2) is 18.1 Å². The number of hydrogen-bond acceptors (Lipinski definition) is 9. The molecule has 3 aromatic carbocycles. The standard InChI is InChI=1S/C45H50Cl2N6O5S/c1-45(2)15-11-33(39(26-45)31-3-5-34(46)6-4-31)29-52-17-19-53(20-18-52)35-7-9-38(42(24-35)58-36-23-32-12-16-48-43(32)50-28-36)44(54)51-59(55,56)37-8-10-41(40(47)25-37)49-27-30-13-21-57-22-14-30/h3-10,12,16,23-25,28,30,49H,11,13-15,17-22,26-27,29H2,1-2H3,(H,48,50)(H,51,54). The van der Waals surface area contributed by atoms with Gasteiger partial charge in [-0.1, -0.05) is 54.8 Å². The Morgan fingerprint density at radius 3 is 2.53 bits per heavy atom. The van der Waals surface area contributed by atoms with Crippen molar-refractivity contribution in [2.75, 3.05) is 62.7 Å². The van der Waals surface area contributed by atoms with E-state index in [1.807, 2.05) is 30.3 Å². The zero-order chi connectivity index (χ0) is 41.1. The van der Waals surface area contributed by atoms with E-state index >= 15 is 0 Å². The van der Waals surface area contributed by atoms with E-state index in [9.17, 15) is 13.2 Å². The van der Waals surface area contributed by atoms with Gasteiger partial charge < -0.3 is 24.7 Å². The predicted molar refractivity (Wildman–Crippen MR) is 235 cm³/mol. The Labute approximate surface area is 356 Å². The molecule has 3 N–H and O–H groups in total. The Morgan fingerprint density at radius 2 is 1.76 bits per heavy atom. The molecule has 4 heterocycles. The lowest BCUT2D eigenvalue weighted by molar-refractivity contribution is 0.0699. The summed E-state index contributed by atoms with van der Waals surface area (Å²) < 4.78 is 41.3. The van der Waals surface area contributed by atoms with Gasteiger partial charge in [0, 0.05) is 80.8 Å². The number of benzene rings is 3. The molecule has 2 aliphatic heterocycles. The first kappa shape index (κ1) is 41.2. The summed E-state index contributed by atoms with van der Waals surface area (Å²) >= 11 is 12.8. The number of halogens is 2. The number of allylic oxidation sites excluding steroid dienone is 1. The molecule has 5 aromatic rings. The van der Waals surface area contributed by atoms with Crippen LogP contribution in [0.5, 0.6) is 11.5 Å². The molecule has 0 atom stereocenters. The van der Waals surface area contributed by atoms with Crippen LogP contribution in [0.2, 0.25) is 10.0 Å². The Bertz CT molecular complexity index is 2460. The van der Waals surface area contributed by atoms with Crippen molar-refractivity contribution in [2.24, 2.45) is 11.3 Å². The number of amides is 1. The van der Waals surface area contributed by atoms with Crippen LogP contribution < -0.4 is 19.7 Å². The lowest BCUT2D eigenvalue weighted by atomic mass is 9.72. The molecule has 0 spiro atoms. The number of ether oxygens (including phenoxy) is 2. The van der Waals surface area contributed by atoms with Gasteiger partial charge in [-0.2, -0.15) is 0 Å². The first-order chi connectivity index (χ1) is 28.4. The first-order valence-corrected chi connectivity index (χ1v) is 22.5. The zero-order valence-electron chi connectivity index (χ0n) is 33.4. The van der Waals surface area contributed by atoms with Gasteiger partial charge >= 0.3 is 0 Å². The SMILES string of the molecule is CC1(C)CCC(CN2CCN(c3ccc(C(=O)NS(=O)(=O)c4ccc(NCC5CCOCC5)c(Cl)c4)c(Oc4cnc5[nH]ccc5c4)c3)CC2)=C(c2ccc(Cl)cc2)C1. The lowest BCUT2D eigenvalue weighted by Gasteiger charge is -2.39. The van der Waals surface area contributed by atoms with E-state index in [-0.39, 0.29) is 26.6 Å². The zero-order valence-corrected chi connectivity index (χ0v) is 35.7. The molecule has 59 heavy (non-hydrogen) atoms. The molecular weight excluding hydrogens is 808 g/mol. The summed E-state index contributed by atoms with van der Waals surface area (Å²) in [6, 6.07) is 21.6. The number of fused-ring (bicyclic) bond motifs is 1. The van der Waals surface area contributed by atoms with Crippen LogP contribution >= 0.6 is 23.2 Å². The highest BCUT2D eigenvalue weighted by Gasteiger charge is 2.30. The van der Waals surface area contributed by atoms with Crippen LogP contribution in [-0.4, -0.2) is 81.7 Å². The smallest absolute Gasteiger partial charge is 0.268 e. The summed E-state index contributed by atoms with van der Waals surface area (Å²) in [6.45, 7) is 11.0. The molecule has 0 unspecified atom stereocenters. The fraction of sp³-hybridized carbons (Fsp3) is 0.378. The van der Waals surface area contributed by atoms with Crippen LogP contribution in [0.3, 0.4) is 0 Å². The molecule has 14 heteroatoms. The highest BCUT2D eigenvalue weighted by Crippen LogP contribution is 2.43. The fourth-order valence-electron chi connectivity index (χ4n) is 8.23. The van der Waals surface area contributed by atoms with Crippen molar-refractivity contribution in [1.82, 2.24) is 19.6 Å². The average Bonchev–Trinajstić information content (AvgIpc) is 3.70. The third kappa shape index (κ3) is 9.90. The van der Waals surface area contributed by atoms with Crippen molar-refractivity contribution in [2.45, 2.75) is 50.8 Å². The number of carbonyl (C=O) groups excluding carboxylic acids is 1. The highest BCUT2D eigenvalue weighted by molar-refractivity contribution is 7.90. The van der Waals surface area contributed by atoms with Crippen molar-refractivity contribution >= 4 is 67.1 Å². The molecule has 0 radical (unpaired) electrons. The fourth-order valence-corrected chi connectivity index (χ4v) is 9.66. The summed E-state index contributed by atoms with van der Waals surface area (Å²) in [6.07, 6.45) is 8.53. The minimum absolute atomic E-state index is 0.0628. The van der Waals surface area contributed by atoms with Gasteiger partial charge in [0.2, 0.25) is 0 Å². The van der Waals surface area contributed by atoms with Gasteiger partial charge in [-0.15, -0.1) is 0 Å². The van der Waals surface area contributed by atoms with E-state index in [0.29, 0.717) is 29.5 Å². The summed E-state index contributed by atoms with van der Waals surface area (Å²) in [7, 11) is -4.30. The molecule has 2 fully saturated rings. The second kappa shape index (κ2) is 17.6. The number of aromatic amines is 1. The Balaban J connectivity index is 0.986. The molecule has 1 aliphatic carbocycles. The van der Waals surface area contributed by atoms with Gasteiger partial charge in [-0.3, -0.25) is 9.69 Å². The second-order valence-corrected chi connectivity index (χ2v) is 19.1. The van der Waals surface area contributed by atoms with Crippen LogP contribution in [0.25, 0.3) is 16.6 Å². The molecule has 8 rings (SSSR count). The van der Waals surface area contributed by atoms with Crippen LogP contribution in [0.15, 0.2) is 95.7 Å². The van der Waals surface area contributed by atoms with Crippen LogP contribution in [0, 0.1) is 11.3 Å². The molecule has 2 aromatic heterocycles. The average molecular weight is 858 g/mol. The molecule has 1 amide bonds. The van der Waals surface area contributed by atoms with E-state index < -0.39 is 15.9 Å². The number of nitrogens with one attached hydrogen (secondary N) is 3. The van der Waals surface area contributed by atoms with Gasteiger partial charge in [0.1, 0.15) is 17.1 Å². The molecule has 3 aliphatic rings. The number of rotatable bonds is 12. The molecular formula is C45H50Cl2N6O5S. The van der Waals surface area contributed by atoms with E-state index in [0.717, 1.165) is 94.1 Å². The first-order valence-electron chi connectivity index (χ1n) is 20.3. The Morgan fingerprint density at radius 1 is 0.983 bits per heavy atom. The topological polar surface area (TPSA) is 129 Å². The maximum Gasteiger partial charge on any atom is 0.268 e. The van der Waals surface area contributed by atoms with Crippen LogP contribution in [0.1, 0.15) is 61.9 Å². The van der Waals surface area contributed by atoms with Gasteiger partial charge in [0.05, 0.1) is 27.4 Å². The van der Waals surface area contributed by atoms with Crippen molar-refractivity contribution < 1.29 is 22.7 Å². The van der Waals surface area contributed by atoms with E-state index in [1.54, 1.807) is 30.6 Å². The Hall–Kier alpha value is -4.59. The maximum atomic E-state index is 13.9. The molecule has 0 bridgehead atoms. The van der Waals surface area contributed by atoms with Crippen molar-refractivity contribution in [3.8, 4) is 11.5 Å². The number of aromatic nitrogens is 2. The number of hydrogen-bond donors (Lipinski definition) is 3. The summed E-state index contributed by atoms with van der Waals surface area (Å²) in [5, 5.41) is 5.15. The number of H-pyrrole nitrogens is 1. The van der Waals surface area contributed by atoms with Gasteiger partial charge in [0.25, 0.3) is 15.9 Å².